The quantitative estimate of drug-likeness (QED) is 0.408. The lowest BCUT2D eigenvalue weighted by molar-refractivity contribution is -0.0550. The van der Waals surface area contributed by atoms with Gasteiger partial charge in [-0.05, 0) is 38.6 Å². The zero-order valence-electron chi connectivity index (χ0n) is 12.8. The molecule has 0 bridgehead atoms. The van der Waals surface area contributed by atoms with Crippen LogP contribution in [0.25, 0.3) is 0 Å². The molecular weight excluding hydrogens is 234 g/mol. The van der Waals surface area contributed by atoms with Crippen LogP contribution >= 0.6 is 0 Å². The van der Waals surface area contributed by atoms with Crippen LogP contribution in [0.3, 0.4) is 0 Å². The fraction of sp³-hybridized carbons (Fsp3) is 0.882. The lowest BCUT2D eigenvalue weighted by Crippen LogP contribution is -2.52. The predicted octanol–water partition coefficient (Wildman–Crippen LogP) is 3.90. The van der Waals surface area contributed by atoms with Gasteiger partial charge in [-0.1, -0.05) is 32.6 Å². The van der Waals surface area contributed by atoms with Crippen LogP contribution in [0.4, 0.5) is 0 Å². The van der Waals surface area contributed by atoms with Crippen molar-refractivity contribution in [1.29, 1.82) is 0 Å². The Morgan fingerprint density at radius 2 is 1.95 bits per heavy atom. The van der Waals surface area contributed by atoms with Crippen molar-refractivity contribution in [3.63, 3.8) is 0 Å². The number of methoxy groups -OCH3 is 1. The Morgan fingerprint density at radius 3 is 2.47 bits per heavy atom. The van der Waals surface area contributed by atoms with Gasteiger partial charge in [0.1, 0.15) is 0 Å². The first-order valence-corrected chi connectivity index (χ1v) is 8.01. The molecular formula is C17H31NO. The van der Waals surface area contributed by atoms with Gasteiger partial charge in [-0.15, -0.1) is 12.3 Å². The molecule has 0 heterocycles. The molecule has 0 radical (unpaired) electrons. The van der Waals surface area contributed by atoms with Crippen LogP contribution in [0.1, 0.15) is 71.1 Å². The van der Waals surface area contributed by atoms with Crippen LogP contribution in [0.5, 0.6) is 0 Å². The second-order valence-corrected chi connectivity index (χ2v) is 5.79. The standard InChI is InChI=1S/C17H31NO/c1-4-6-9-12-16(18-15-5-2)17(19-3)13-10-7-8-11-14-17/h1,16,18H,5-15H2,2-3H3. The van der Waals surface area contributed by atoms with E-state index in [-0.39, 0.29) is 5.60 Å². The zero-order valence-corrected chi connectivity index (χ0v) is 12.8. The molecule has 1 fully saturated rings. The Balaban J connectivity index is 2.68. The number of rotatable bonds is 8. The molecule has 1 saturated carbocycles. The van der Waals surface area contributed by atoms with E-state index in [0.29, 0.717) is 6.04 Å². The van der Waals surface area contributed by atoms with Crippen LogP contribution in [0.15, 0.2) is 0 Å². The maximum atomic E-state index is 6.03. The fourth-order valence-corrected chi connectivity index (χ4v) is 3.30. The molecule has 110 valence electrons. The molecule has 0 amide bonds. The lowest BCUT2D eigenvalue weighted by Gasteiger charge is -2.40. The van der Waals surface area contributed by atoms with Gasteiger partial charge in [-0.25, -0.2) is 0 Å². The van der Waals surface area contributed by atoms with Crippen LogP contribution in [0.2, 0.25) is 0 Å². The third-order valence-electron chi connectivity index (χ3n) is 4.45. The highest BCUT2D eigenvalue weighted by Gasteiger charge is 2.38. The number of terminal acetylenes is 1. The van der Waals surface area contributed by atoms with Crippen molar-refractivity contribution in [2.24, 2.45) is 0 Å². The summed E-state index contributed by atoms with van der Waals surface area (Å²) in [4.78, 5) is 0. The molecule has 1 N–H and O–H groups in total. The van der Waals surface area contributed by atoms with E-state index >= 15 is 0 Å². The first-order chi connectivity index (χ1) is 9.29. The van der Waals surface area contributed by atoms with Gasteiger partial charge in [-0.2, -0.15) is 0 Å². The van der Waals surface area contributed by atoms with Crippen LogP contribution < -0.4 is 5.32 Å². The van der Waals surface area contributed by atoms with E-state index < -0.39 is 0 Å². The zero-order chi connectivity index (χ0) is 14.0. The Kier molecular flexibility index (Phi) is 8.18. The second kappa shape index (κ2) is 9.39. The van der Waals surface area contributed by atoms with Crippen molar-refractivity contribution in [2.45, 2.75) is 82.8 Å². The molecule has 19 heavy (non-hydrogen) atoms. The van der Waals surface area contributed by atoms with Crippen LogP contribution in [-0.2, 0) is 4.74 Å². The van der Waals surface area contributed by atoms with Gasteiger partial charge < -0.3 is 10.1 Å². The van der Waals surface area contributed by atoms with Gasteiger partial charge in [0, 0.05) is 19.6 Å². The maximum absolute atomic E-state index is 6.03. The normalized spacial score (nSPS) is 20.5. The summed E-state index contributed by atoms with van der Waals surface area (Å²) < 4.78 is 6.03. The molecule has 0 aromatic rings. The molecule has 2 nitrogen and oxygen atoms in total. The number of unbranched alkanes of at least 4 members (excludes halogenated alkanes) is 1. The highest BCUT2D eigenvalue weighted by molar-refractivity contribution is 4.95. The molecule has 0 aliphatic heterocycles. The molecule has 1 unspecified atom stereocenters. The first kappa shape index (κ1) is 16.5. The Labute approximate surface area is 119 Å². The van der Waals surface area contributed by atoms with Gasteiger partial charge in [0.05, 0.1) is 5.60 Å². The first-order valence-electron chi connectivity index (χ1n) is 8.01. The summed E-state index contributed by atoms with van der Waals surface area (Å²) in [6, 6.07) is 0.462. The van der Waals surface area contributed by atoms with Crippen molar-refractivity contribution in [3.05, 3.63) is 0 Å². The summed E-state index contributed by atoms with van der Waals surface area (Å²) in [5.74, 6) is 2.76. The van der Waals surface area contributed by atoms with Crippen molar-refractivity contribution < 1.29 is 4.74 Å². The highest BCUT2D eigenvalue weighted by Crippen LogP contribution is 2.34. The van der Waals surface area contributed by atoms with E-state index in [1.165, 1.54) is 44.9 Å². The van der Waals surface area contributed by atoms with Gasteiger partial charge in [0.15, 0.2) is 0 Å². The van der Waals surface area contributed by atoms with Gasteiger partial charge >= 0.3 is 0 Å². The number of hydrogen-bond donors (Lipinski definition) is 1. The Hall–Kier alpha value is -0.520. The third-order valence-corrected chi connectivity index (χ3v) is 4.45. The largest absolute Gasteiger partial charge is 0.377 e. The van der Waals surface area contributed by atoms with E-state index in [1.807, 2.05) is 7.11 Å². The molecule has 0 aromatic carbocycles. The smallest absolute Gasteiger partial charge is 0.0830 e. The van der Waals surface area contributed by atoms with Crippen molar-refractivity contribution in [3.8, 4) is 12.3 Å². The van der Waals surface area contributed by atoms with E-state index in [2.05, 4.69) is 18.2 Å². The van der Waals surface area contributed by atoms with Crippen LogP contribution in [-0.4, -0.2) is 25.3 Å². The fourth-order valence-electron chi connectivity index (χ4n) is 3.30. The summed E-state index contributed by atoms with van der Waals surface area (Å²) in [5, 5.41) is 3.72. The van der Waals surface area contributed by atoms with Crippen LogP contribution in [0, 0.1) is 12.3 Å². The molecule has 1 rings (SSSR count). The lowest BCUT2D eigenvalue weighted by atomic mass is 9.83. The SMILES string of the molecule is C#CCCCC(NCCC)C1(OC)CCCCCC1. The van der Waals surface area contributed by atoms with Crippen molar-refractivity contribution >= 4 is 0 Å². The molecule has 0 spiro atoms. The molecule has 1 aliphatic rings. The van der Waals surface area contributed by atoms with E-state index in [9.17, 15) is 0 Å². The summed E-state index contributed by atoms with van der Waals surface area (Å²) in [7, 11) is 1.90. The minimum atomic E-state index is 0.0419. The third kappa shape index (κ3) is 5.16. The Morgan fingerprint density at radius 1 is 1.26 bits per heavy atom. The number of nitrogens with one attached hydrogen (secondary N) is 1. The van der Waals surface area contributed by atoms with Gasteiger partial charge in [-0.3, -0.25) is 0 Å². The summed E-state index contributed by atoms with van der Waals surface area (Å²) in [5.41, 5.74) is 0.0419. The van der Waals surface area contributed by atoms with E-state index in [1.54, 1.807) is 0 Å². The summed E-state index contributed by atoms with van der Waals surface area (Å²) >= 11 is 0. The second-order valence-electron chi connectivity index (χ2n) is 5.79. The topological polar surface area (TPSA) is 21.3 Å². The summed E-state index contributed by atoms with van der Waals surface area (Å²) in [6.45, 7) is 3.30. The van der Waals surface area contributed by atoms with Crippen molar-refractivity contribution in [2.75, 3.05) is 13.7 Å². The summed E-state index contributed by atoms with van der Waals surface area (Å²) in [6.07, 6.45) is 17.4. The van der Waals surface area contributed by atoms with Crippen molar-refractivity contribution in [1.82, 2.24) is 5.32 Å². The average Bonchev–Trinajstić information content (AvgIpc) is 2.69. The maximum Gasteiger partial charge on any atom is 0.0830 e. The average molecular weight is 265 g/mol. The molecule has 1 aliphatic carbocycles. The van der Waals surface area contributed by atoms with E-state index in [4.69, 9.17) is 11.2 Å². The molecule has 1 atom stereocenters. The highest BCUT2D eigenvalue weighted by atomic mass is 16.5. The predicted molar refractivity (Wildman–Crippen MR) is 82.2 cm³/mol. The number of ether oxygens (including phenoxy) is 1. The molecule has 2 heteroatoms. The molecule has 0 saturated heterocycles. The minimum Gasteiger partial charge on any atom is -0.377 e. The number of hydrogen-bond acceptors (Lipinski definition) is 2. The monoisotopic (exact) mass is 265 g/mol. The van der Waals surface area contributed by atoms with Gasteiger partial charge in [0.2, 0.25) is 0 Å². The van der Waals surface area contributed by atoms with Gasteiger partial charge in [0.25, 0.3) is 0 Å². The Bertz CT molecular complexity index is 261. The van der Waals surface area contributed by atoms with E-state index in [0.717, 1.165) is 25.8 Å². The molecule has 0 aromatic heterocycles. The minimum absolute atomic E-state index is 0.0419.